The van der Waals surface area contributed by atoms with Crippen molar-refractivity contribution < 1.29 is 19.4 Å². The molecule has 3 aromatic rings. The van der Waals surface area contributed by atoms with Gasteiger partial charge >= 0.3 is 6.03 Å². The fourth-order valence-electron chi connectivity index (χ4n) is 2.23. The number of para-hydroxylation sites is 1. The van der Waals surface area contributed by atoms with E-state index in [1.165, 1.54) is 6.20 Å². The quantitative estimate of drug-likeness (QED) is 0.563. The second-order valence-corrected chi connectivity index (χ2v) is 5.99. The van der Waals surface area contributed by atoms with Gasteiger partial charge in [-0.15, -0.1) is 0 Å². The number of nitrogens with zero attached hydrogens (tertiary/aromatic N) is 1. The maximum absolute atomic E-state index is 11.9. The van der Waals surface area contributed by atoms with Gasteiger partial charge in [-0.1, -0.05) is 31.2 Å². The molecule has 0 aliphatic carbocycles. The molecule has 2 aromatic carbocycles. The van der Waals surface area contributed by atoms with E-state index in [2.05, 4.69) is 20.4 Å². The summed E-state index contributed by atoms with van der Waals surface area (Å²) in [7, 11) is 0. The average Bonchev–Trinajstić information content (AvgIpc) is 2.70. The third-order valence-corrected chi connectivity index (χ3v) is 3.89. The molecule has 0 saturated carbocycles. The molecule has 0 aliphatic heterocycles. The Kier molecular flexibility index (Phi) is 7.77. The van der Waals surface area contributed by atoms with Gasteiger partial charge in [0, 0.05) is 28.3 Å². The minimum Gasteiger partial charge on any atom is -0.506 e. The van der Waals surface area contributed by atoms with Gasteiger partial charge in [0.1, 0.15) is 5.75 Å². The molecular weight excluding hydrogens is 358 g/mol. The van der Waals surface area contributed by atoms with E-state index < -0.39 is 0 Å². The van der Waals surface area contributed by atoms with E-state index in [1.807, 2.05) is 32.0 Å². The molecule has 3 rings (SSSR count). The molecule has 0 fully saturated rings. The molecule has 7 heteroatoms. The van der Waals surface area contributed by atoms with E-state index in [4.69, 9.17) is 0 Å². The van der Waals surface area contributed by atoms with E-state index in [9.17, 15) is 14.7 Å². The van der Waals surface area contributed by atoms with E-state index in [0.717, 1.165) is 11.8 Å². The van der Waals surface area contributed by atoms with Gasteiger partial charge in [0.2, 0.25) is 0 Å². The summed E-state index contributed by atoms with van der Waals surface area (Å²) in [6, 6.07) is 14.1. The summed E-state index contributed by atoms with van der Waals surface area (Å²) in [4.78, 5) is 25.4. The predicted octanol–water partition coefficient (Wildman–Crippen LogP) is 4.54. The van der Waals surface area contributed by atoms with Crippen molar-refractivity contribution in [2.45, 2.75) is 26.4 Å². The number of carbonyl (C=O) groups excluding carboxylic acids is 2. The second-order valence-electron chi connectivity index (χ2n) is 5.99. The third-order valence-electron chi connectivity index (χ3n) is 3.89. The zero-order valence-electron chi connectivity index (χ0n) is 15.8. The van der Waals surface area contributed by atoms with Gasteiger partial charge in [-0.25, -0.2) is 4.79 Å². The Morgan fingerprint density at radius 2 is 1.86 bits per heavy atom. The van der Waals surface area contributed by atoms with Crippen LogP contribution in [-0.2, 0) is 9.53 Å². The van der Waals surface area contributed by atoms with Gasteiger partial charge in [-0.2, -0.15) is 0 Å². The normalized spacial score (nSPS) is 10.9. The molecular formula is C21H23N3O4. The summed E-state index contributed by atoms with van der Waals surface area (Å²) < 4.78 is 4.51. The zero-order valence-corrected chi connectivity index (χ0v) is 15.8. The molecule has 146 valence electrons. The number of hydrogen-bond donors (Lipinski definition) is 3. The fourth-order valence-corrected chi connectivity index (χ4v) is 2.23. The van der Waals surface area contributed by atoms with Crippen molar-refractivity contribution in [3.63, 3.8) is 0 Å². The predicted molar refractivity (Wildman–Crippen MR) is 109 cm³/mol. The van der Waals surface area contributed by atoms with Crippen LogP contribution in [0.1, 0.15) is 20.3 Å². The molecule has 0 radical (unpaired) electrons. The first-order chi connectivity index (χ1) is 13.5. The minimum atomic E-state index is -0.339. The van der Waals surface area contributed by atoms with Crippen LogP contribution in [0.2, 0.25) is 0 Å². The number of rotatable bonds is 5. The van der Waals surface area contributed by atoms with Crippen LogP contribution in [0.5, 0.6) is 5.75 Å². The molecule has 0 bridgehead atoms. The fraction of sp³-hybridized carbons (Fsp3) is 0.190. The lowest BCUT2D eigenvalue weighted by Crippen LogP contribution is -2.19. The summed E-state index contributed by atoms with van der Waals surface area (Å²) in [5.41, 5.74) is 1.31. The van der Waals surface area contributed by atoms with Gasteiger partial charge in [0.15, 0.2) is 0 Å². The highest BCUT2D eigenvalue weighted by Gasteiger charge is 2.05. The second kappa shape index (κ2) is 10.5. The molecule has 7 nitrogen and oxygen atoms in total. The van der Waals surface area contributed by atoms with E-state index in [0.29, 0.717) is 23.2 Å². The standard InChI is InChI=1S/C16H13N3O2.C5H10O2/c20-15-10-17-9-11-6-7-13(8-14(11)15)19-16(21)18-12-4-2-1-3-5-12;1-3-5(2)7-4-6/h1-10,20H,(H2,18,19,21);4-5H,3H2,1-2H3. The number of pyridine rings is 1. The van der Waals surface area contributed by atoms with E-state index in [1.54, 1.807) is 36.5 Å². The van der Waals surface area contributed by atoms with Gasteiger partial charge in [0.25, 0.3) is 6.47 Å². The monoisotopic (exact) mass is 381 g/mol. The van der Waals surface area contributed by atoms with Crippen LogP contribution in [0.15, 0.2) is 60.9 Å². The Morgan fingerprint density at radius 3 is 2.50 bits per heavy atom. The number of benzene rings is 2. The van der Waals surface area contributed by atoms with Crippen molar-refractivity contribution in [3.8, 4) is 5.75 Å². The molecule has 1 atom stereocenters. The summed E-state index contributed by atoms with van der Waals surface area (Å²) in [5, 5.41) is 16.7. The lowest BCUT2D eigenvalue weighted by Gasteiger charge is -2.08. The first kappa shape index (κ1) is 20.7. The number of hydrogen-bond acceptors (Lipinski definition) is 5. The summed E-state index contributed by atoms with van der Waals surface area (Å²) in [5.74, 6) is 0.0830. The number of nitrogens with one attached hydrogen (secondary N) is 2. The lowest BCUT2D eigenvalue weighted by atomic mass is 10.1. The number of carbonyl (C=O) groups is 2. The van der Waals surface area contributed by atoms with Gasteiger partial charge < -0.3 is 20.5 Å². The summed E-state index contributed by atoms with van der Waals surface area (Å²) in [6.45, 7) is 4.30. The van der Waals surface area contributed by atoms with Crippen LogP contribution in [-0.4, -0.2) is 28.7 Å². The maximum Gasteiger partial charge on any atom is 0.323 e. The average molecular weight is 381 g/mol. The van der Waals surface area contributed by atoms with Crippen molar-refractivity contribution in [2.24, 2.45) is 0 Å². The van der Waals surface area contributed by atoms with Crippen LogP contribution < -0.4 is 10.6 Å². The summed E-state index contributed by atoms with van der Waals surface area (Å²) in [6.07, 6.45) is 4.00. The van der Waals surface area contributed by atoms with Gasteiger partial charge in [-0.3, -0.25) is 9.78 Å². The molecule has 28 heavy (non-hydrogen) atoms. The van der Waals surface area contributed by atoms with Crippen molar-refractivity contribution in [1.29, 1.82) is 0 Å². The van der Waals surface area contributed by atoms with Crippen LogP contribution in [0, 0.1) is 0 Å². The summed E-state index contributed by atoms with van der Waals surface area (Å²) >= 11 is 0. The number of fused-ring (bicyclic) bond motifs is 1. The van der Waals surface area contributed by atoms with Crippen LogP contribution in [0.3, 0.4) is 0 Å². The van der Waals surface area contributed by atoms with Crippen molar-refractivity contribution >= 4 is 34.7 Å². The van der Waals surface area contributed by atoms with Crippen LogP contribution in [0.25, 0.3) is 10.8 Å². The maximum atomic E-state index is 11.9. The van der Waals surface area contributed by atoms with E-state index >= 15 is 0 Å². The lowest BCUT2D eigenvalue weighted by molar-refractivity contribution is -0.132. The van der Waals surface area contributed by atoms with Gasteiger partial charge in [0.05, 0.1) is 12.3 Å². The molecule has 1 heterocycles. The number of ether oxygens (including phenoxy) is 1. The molecule has 0 saturated heterocycles. The van der Waals surface area contributed by atoms with Crippen LogP contribution in [0.4, 0.5) is 16.2 Å². The Balaban J connectivity index is 0.000000345. The number of amides is 2. The third kappa shape index (κ3) is 6.28. The molecule has 0 spiro atoms. The van der Waals surface area contributed by atoms with Crippen LogP contribution >= 0.6 is 0 Å². The highest BCUT2D eigenvalue weighted by Crippen LogP contribution is 2.26. The number of aromatic nitrogens is 1. The molecule has 0 aliphatic rings. The Bertz CT molecular complexity index is 916. The zero-order chi connectivity index (χ0) is 20.4. The smallest absolute Gasteiger partial charge is 0.323 e. The van der Waals surface area contributed by atoms with Crippen molar-refractivity contribution in [1.82, 2.24) is 4.98 Å². The SMILES string of the molecule is CCC(C)OC=O.O=C(Nc1ccccc1)Nc1ccc2cncc(O)c2c1. The van der Waals surface area contributed by atoms with E-state index in [-0.39, 0.29) is 17.9 Å². The first-order valence-corrected chi connectivity index (χ1v) is 8.82. The minimum absolute atomic E-state index is 0.0810. The topological polar surface area (TPSA) is 101 Å². The Morgan fingerprint density at radius 1 is 1.14 bits per heavy atom. The molecule has 2 amide bonds. The molecule has 1 aromatic heterocycles. The number of anilines is 2. The number of aromatic hydroxyl groups is 1. The molecule has 1 unspecified atom stereocenters. The Hall–Kier alpha value is -3.61. The Labute approximate surface area is 163 Å². The van der Waals surface area contributed by atoms with Gasteiger partial charge in [-0.05, 0) is 37.6 Å². The largest absolute Gasteiger partial charge is 0.506 e. The first-order valence-electron chi connectivity index (χ1n) is 8.82. The highest BCUT2D eigenvalue weighted by atomic mass is 16.5. The molecule has 3 N–H and O–H groups in total. The van der Waals surface area contributed by atoms with Crippen molar-refractivity contribution in [2.75, 3.05) is 10.6 Å². The highest BCUT2D eigenvalue weighted by molar-refractivity contribution is 6.01. The number of urea groups is 1. The van der Waals surface area contributed by atoms with Crippen molar-refractivity contribution in [3.05, 3.63) is 60.9 Å².